The molecule has 2 aromatic rings. The molecule has 24 heavy (non-hydrogen) atoms. The summed E-state index contributed by atoms with van der Waals surface area (Å²) in [5.41, 5.74) is 3.12. The zero-order valence-electron chi connectivity index (χ0n) is 14.0. The van der Waals surface area contributed by atoms with E-state index in [2.05, 4.69) is 41.4 Å². The van der Waals surface area contributed by atoms with Crippen molar-refractivity contribution in [2.75, 3.05) is 18.4 Å². The van der Waals surface area contributed by atoms with Gasteiger partial charge in [0.15, 0.2) is 0 Å². The molecule has 0 spiro atoms. The first-order chi connectivity index (χ1) is 11.6. The van der Waals surface area contributed by atoms with Gasteiger partial charge in [0.2, 0.25) is 5.91 Å². The van der Waals surface area contributed by atoms with Crippen LogP contribution in [0.1, 0.15) is 24.0 Å². The number of nitrogens with zero attached hydrogens (tertiary/aromatic N) is 1. The maximum atomic E-state index is 13.2. The van der Waals surface area contributed by atoms with Crippen molar-refractivity contribution in [1.82, 2.24) is 4.90 Å². The fourth-order valence-electron chi connectivity index (χ4n) is 3.23. The van der Waals surface area contributed by atoms with E-state index in [1.54, 1.807) is 12.1 Å². The Kier molecular flexibility index (Phi) is 5.26. The Morgan fingerprint density at radius 3 is 2.62 bits per heavy atom. The highest BCUT2D eigenvalue weighted by molar-refractivity contribution is 5.92. The number of amides is 1. The fourth-order valence-corrected chi connectivity index (χ4v) is 3.23. The number of likely N-dealkylation sites (tertiary alicyclic amines) is 1. The molecule has 0 bridgehead atoms. The second-order valence-electron chi connectivity index (χ2n) is 6.54. The van der Waals surface area contributed by atoms with Crippen LogP contribution in [0.2, 0.25) is 0 Å². The first kappa shape index (κ1) is 16.7. The van der Waals surface area contributed by atoms with E-state index in [-0.39, 0.29) is 17.6 Å². The molecule has 4 heteroatoms. The number of aryl methyl sites for hydroxylation is 1. The van der Waals surface area contributed by atoms with Gasteiger partial charge in [-0.05, 0) is 56.6 Å². The Balaban J connectivity index is 1.50. The summed E-state index contributed by atoms with van der Waals surface area (Å²) in [6, 6.07) is 14.6. The minimum Gasteiger partial charge on any atom is -0.326 e. The number of piperidine rings is 1. The second-order valence-corrected chi connectivity index (χ2v) is 6.54. The predicted molar refractivity (Wildman–Crippen MR) is 94.2 cm³/mol. The first-order valence-electron chi connectivity index (χ1n) is 8.44. The third-order valence-corrected chi connectivity index (χ3v) is 4.54. The molecule has 0 unspecified atom stereocenters. The molecule has 0 aliphatic carbocycles. The van der Waals surface area contributed by atoms with Crippen LogP contribution in [0.5, 0.6) is 0 Å². The van der Waals surface area contributed by atoms with Gasteiger partial charge in [-0.1, -0.05) is 35.9 Å². The van der Waals surface area contributed by atoms with Crippen LogP contribution in [-0.2, 0) is 11.3 Å². The van der Waals surface area contributed by atoms with Gasteiger partial charge in [0.25, 0.3) is 0 Å². The first-order valence-corrected chi connectivity index (χ1v) is 8.44. The summed E-state index contributed by atoms with van der Waals surface area (Å²) in [4.78, 5) is 14.7. The highest BCUT2D eigenvalue weighted by Gasteiger charge is 2.25. The molecule has 1 amide bonds. The van der Waals surface area contributed by atoms with Crippen LogP contribution in [0.4, 0.5) is 10.1 Å². The van der Waals surface area contributed by atoms with Crippen LogP contribution in [0.3, 0.4) is 0 Å². The van der Waals surface area contributed by atoms with E-state index in [9.17, 15) is 9.18 Å². The van der Waals surface area contributed by atoms with Gasteiger partial charge >= 0.3 is 0 Å². The molecule has 1 N–H and O–H groups in total. The molecule has 1 heterocycles. The highest BCUT2D eigenvalue weighted by Crippen LogP contribution is 2.21. The summed E-state index contributed by atoms with van der Waals surface area (Å²) in [6.45, 7) is 4.86. The summed E-state index contributed by atoms with van der Waals surface area (Å²) < 4.78 is 13.2. The van der Waals surface area contributed by atoms with Crippen molar-refractivity contribution in [1.29, 1.82) is 0 Å². The molecule has 1 aliphatic rings. The standard InChI is InChI=1S/C20H23FN2O/c1-15-4-2-5-16(12-15)14-23-10-8-17(9-11-23)20(24)22-19-7-3-6-18(21)13-19/h2-7,12-13,17H,8-11,14H2,1H3,(H,22,24). The number of nitrogens with one attached hydrogen (secondary N) is 1. The number of benzene rings is 2. The maximum absolute atomic E-state index is 13.2. The second kappa shape index (κ2) is 7.58. The summed E-state index contributed by atoms with van der Waals surface area (Å²) in [5, 5.41) is 2.83. The number of anilines is 1. The minimum atomic E-state index is -0.333. The van der Waals surface area contributed by atoms with Crippen LogP contribution in [0.25, 0.3) is 0 Å². The molecule has 0 radical (unpaired) electrons. The zero-order valence-corrected chi connectivity index (χ0v) is 14.0. The summed E-state index contributed by atoms with van der Waals surface area (Å²) in [7, 11) is 0. The number of carbonyl (C=O) groups excluding carboxylic acids is 1. The van der Waals surface area contributed by atoms with Crippen LogP contribution in [-0.4, -0.2) is 23.9 Å². The van der Waals surface area contributed by atoms with Gasteiger partial charge < -0.3 is 5.32 Å². The van der Waals surface area contributed by atoms with E-state index < -0.39 is 0 Å². The number of carbonyl (C=O) groups is 1. The quantitative estimate of drug-likeness (QED) is 0.921. The van der Waals surface area contributed by atoms with Crippen molar-refractivity contribution in [3.05, 3.63) is 65.5 Å². The lowest BCUT2D eigenvalue weighted by molar-refractivity contribution is -0.121. The monoisotopic (exact) mass is 326 g/mol. The highest BCUT2D eigenvalue weighted by atomic mass is 19.1. The van der Waals surface area contributed by atoms with E-state index in [0.29, 0.717) is 5.69 Å². The lowest BCUT2D eigenvalue weighted by Crippen LogP contribution is -2.37. The zero-order chi connectivity index (χ0) is 16.9. The van der Waals surface area contributed by atoms with Gasteiger partial charge in [0, 0.05) is 18.2 Å². The summed E-state index contributed by atoms with van der Waals surface area (Å²) in [5.74, 6) is -0.335. The molecular formula is C20H23FN2O. The Labute approximate surface area is 142 Å². The Hall–Kier alpha value is -2.20. The Morgan fingerprint density at radius 1 is 1.17 bits per heavy atom. The summed E-state index contributed by atoms with van der Waals surface area (Å²) >= 11 is 0. The molecule has 1 aliphatic heterocycles. The molecule has 3 rings (SSSR count). The Morgan fingerprint density at radius 2 is 1.92 bits per heavy atom. The van der Waals surface area contributed by atoms with Gasteiger partial charge in [-0.25, -0.2) is 4.39 Å². The fraction of sp³-hybridized carbons (Fsp3) is 0.350. The molecule has 3 nitrogen and oxygen atoms in total. The molecule has 126 valence electrons. The molecule has 0 aromatic heterocycles. The molecule has 1 saturated heterocycles. The van der Waals surface area contributed by atoms with Gasteiger partial charge in [0.05, 0.1) is 0 Å². The lowest BCUT2D eigenvalue weighted by Gasteiger charge is -2.31. The molecule has 0 saturated carbocycles. The average molecular weight is 326 g/mol. The lowest BCUT2D eigenvalue weighted by atomic mass is 9.95. The van der Waals surface area contributed by atoms with Crippen molar-refractivity contribution in [2.24, 2.45) is 5.92 Å². The van der Waals surface area contributed by atoms with E-state index in [4.69, 9.17) is 0 Å². The smallest absolute Gasteiger partial charge is 0.227 e. The van der Waals surface area contributed by atoms with Gasteiger partial charge in [0.1, 0.15) is 5.82 Å². The van der Waals surface area contributed by atoms with Crippen molar-refractivity contribution < 1.29 is 9.18 Å². The molecule has 2 aromatic carbocycles. The molecular weight excluding hydrogens is 303 g/mol. The SMILES string of the molecule is Cc1cccc(CN2CCC(C(=O)Nc3cccc(F)c3)CC2)c1. The normalized spacial score (nSPS) is 16.1. The number of hydrogen-bond acceptors (Lipinski definition) is 2. The maximum Gasteiger partial charge on any atom is 0.227 e. The van der Waals surface area contributed by atoms with Gasteiger partial charge in [-0.2, -0.15) is 0 Å². The average Bonchev–Trinajstić information content (AvgIpc) is 2.55. The van der Waals surface area contributed by atoms with Gasteiger partial charge in [-0.15, -0.1) is 0 Å². The third kappa shape index (κ3) is 4.42. The number of rotatable bonds is 4. The van der Waals surface area contributed by atoms with Gasteiger partial charge in [-0.3, -0.25) is 9.69 Å². The van der Waals surface area contributed by atoms with Crippen LogP contribution in [0.15, 0.2) is 48.5 Å². The van der Waals surface area contributed by atoms with E-state index in [1.165, 1.54) is 23.3 Å². The van der Waals surface area contributed by atoms with E-state index in [0.717, 1.165) is 32.5 Å². The number of halogens is 1. The molecule has 1 fully saturated rings. The topological polar surface area (TPSA) is 32.3 Å². The Bertz CT molecular complexity index is 708. The van der Waals surface area contributed by atoms with Crippen LogP contribution in [0, 0.1) is 18.7 Å². The largest absolute Gasteiger partial charge is 0.326 e. The minimum absolute atomic E-state index is 0.00188. The summed E-state index contributed by atoms with van der Waals surface area (Å²) in [6.07, 6.45) is 1.68. The number of hydrogen-bond donors (Lipinski definition) is 1. The molecule has 0 atom stereocenters. The van der Waals surface area contributed by atoms with E-state index in [1.807, 2.05) is 0 Å². The van der Waals surface area contributed by atoms with Crippen molar-refractivity contribution in [3.63, 3.8) is 0 Å². The van der Waals surface area contributed by atoms with Crippen molar-refractivity contribution in [3.8, 4) is 0 Å². The van der Waals surface area contributed by atoms with Crippen molar-refractivity contribution >= 4 is 11.6 Å². The third-order valence-electron chi connectivity index (χ3n) is 4.54. The van der Waals surface area contributed by atoms with Crippen molar-refractivity contribution in [2.45, 2.75) is 26.3 Å². The van der Waals surface area contributed by atoms with Crippen LogP contribution >= 0.6 is 0 Å². The predicted octanol–water partition coefficient (Wildman–Crippen LogP) is 3.98. The van der Waals surface area contributed by atoms with E-state index >= 15 is 0 Å². The van der Waals surface area contributed by atoms with Crippen LogP contribution < -0.4 is 5.32 Å².